The van der Waals surface area contributed by atoms with Crippen LogP contribution in [-0.4, -0.2) is 24.0 Å². The second-order valence-electron chi connectivity index (χ2n) is 6.14. The molecule has 0 unspecified atom stereocenters. The number of fused-ring (bicyclic) bond motifs is 1. The quantitative estimate of drug-likeness (QED) is 0.856. The smallest absolute Gasteiger partial charge is 0.255 e. The summed E-state index contributed by atoms with van der Waals surface area (Å²) in [5, 5.41) is 6.22. The average molecular weight is 381 g/mol. The Morgan fingerprint density at radius 3 is 2.52 bits per heavy atom. The highest BCUT2D eigenvalue weighted by Gasteiger charge is 2.15. The molecule has 1 aromatic carbocycles. The fourth-order valence-electron chi connectivity index (χ4n) is 3.23. The summed E-state index contributed by atoms with van der Waals surface area (Å²) in [6, 6.07) is 9.78. The number of halogens is 2. The highest BCUT2D eigenvalue weighted by atomic mass is 35.5. The van der Waals surface area contributed by atoms with Gasteiger partial charge >= 0.3 is 0 Å². The Morgan fingerprint density at radius 1 is 1.04 bits per heavy atom. The van der Waals surface area contributed by atoms with Gasteiger partial charge in [-0.2, -0.15) is 0 Å². The summed E-state index contributed by atoms with van der Waals surface area (Å²) in [6.45, 7) is 3.87. The molecule has 25 heavy (non-hydrogen) atoms. The minimum Gasteiger partial charge on any atom is -0.357 e. The van der Waals surface area contributed by atoms with E-state index in [-0.39, 0.29) is 30.7 Å². The molecule has 0 saturated carbocycles. The van der Waals surface area contributed by atoms with Crippen molar-refractivity contribution in [2.24, 2.45) is 0 Å². The third kappa shape index (κ3) is 4.24. The van der Waals surface area contributed by atoms with Crippen LogP contribution in [0.1, 0.15) is 34.3 Å². The molecule has 1 fully saturated rings. The number of amides is 1. The van der Waals surface area contributed by atoms with Crippen molar-refractivity contribution >= 4 is 42.2 Å². The Hall–Kier alpha value is -1.82. The van der Waals surface area contributed by atoms with Gasteiger partial charge < -0.3 is 15.5 Å². The Balaban J connectivity index is 0.00000113. The zero-order valence-electron chi connectivity index (χ0n) is 13.8. The van der Waals surface area contributed by atoms with Crippen molar-refractivity contribution in [1.82, 2.24) is 10.3 Å². The van der Waals surface area contributed by atoms with E-state index in [1.807, 2.05) is 30.3 Å². The van der Waals surface area contributed by atoms with E-state index in [0.29, 0.717) is 5.56 Å². The Morgan fingerprint density at radius 2 is 1.80 bits per heavy atom. The molecule has 2 aromatic rings. The molecule has 1 amide bonds. The molecule has 0 atom stereocenters. The molecule has 2 aliphatic rings. The van der Waals surface area contributed by atoms with E-state index in [0.717, 1.165) is 37.7 Å². The number of benzene rings is 1. The van der Waals surface area contributed by atoms with Gasteiger partial charge in [-0.3, -0.25) is 4.79 Å². The molecule has 0 spiro atoms. The molecule has 1 aromatic heterocycles. The van der Waals surface area contributed by atoms with Crippen LogP contribution in [0.2, 0.25) is 0 Å². The second kappa shape index (κ2) is 8.52. The summed E-state index contributed by atoms with van der Waals surface area (Å²) in [6.07, 6.45) is 4.20. The van der Waals surface area contributed by atoms with Gasteiger partial charge in [0.15, 0.2) is 0 Å². The second-order valence-corrected chi connectivity index (χ2v) is 6.14. The maximum absolute atomic E-state index is 12.4. The predicted molar refractivity (Wildman–Crippen MR) is 105 cm³/mol. The third-order valence-corrected chi connectivity index (χ3v) is 4.54. The van der Waals surface area contributed by atoms with Crippen LogP contribution >= 0.6 is 24.8 Å². The lowest BCUT2D eigenvalue weighted by Crippen LogP contribution is -2.19. The largest absolute Gasteiger partial charge is 0.357 e. The molecule has 0 aliphatic carbocycles. The molecule has 4 rings (SSSR count). The first-order valence-electron chi connectivity index (χ1n) is 8.14. The molecule has 3 heterocycles. The maximum Gasteiger partial charge on any atom is 0.255 e. The molecule has 1 saturated heterocycles. The predicted octanol–water partition coefficient (Wildman–Crippen LogP) is 3.38. The van der Waals surface area contributed by atoms with Crippen molar-refractivity contribution in [3.05, 3.63) is 53.2 Å². The average Bonchev–Trinajstić information content (AvgIpc) is 3.26. The van der Waals surface area contributed by atoms with Crippen LogP contribution in [0.25, 0.3) is 0 Å². The van der Waals surface area contributed by atoms with Crippen LogP contribution < -0.4 is 15.5 Å². The summed E-state index contributed by atoms with van der Waals surface area (Å²) < 4.78 is 0. The van der Waals surface area contributed by atoms with Crippen molar-refractivity contribution in [2.45, 2.75) is 25.9 Å². The first-order chi connectivity index (χ1) is 11.3. The number of pyridine rings is 1. The van der Waals surface area contributed by atoms with Crippen LogP contribution in [0.15, 0.2) is 36.5 Å². The van der Waals surface area contributed by atoms with E-state index in [9.17, 15) is 4.79 Å². The summed E-state index contributed by atoms with van der Waals surface area (Å²) in [7, 11) is 0. The van der Waals surface area contributed by atoms with Gasteiger partial charge in [0.1, 0.15) is 5.82 Å². The van der Waals surface area contributed by atoms with Gasteiger partial charge in [-0.25, -0.2) is 4.98 Å². The van der Waals surface area contributed by atoms with E-state index in [1.165, 1.54) is 24.0 Å². The monoisotopic (exact) mass is 380 g/mol. The van der Waals surface area contributed by atoms with Crippen LogP contribution in [0, 0.1) is 0 Å². The number of aromatic nitrogens is 1. The molecule has 0 radical (unpaired) electrons. The first kappa shape index (κ1) is 19.5. The molecular formula is C18H22Cl2N4O. The van der Waals surface area contributed by atoms with Crippen molar-refractivity contribution in [3.63, 3.8) is 0 Å². The highest BCUT2D eigenvalue weighted by molar-refractivity contribution is 6.04. The van der Waals surface area contributed by atoms with Crippen LogP contribution in [0.3, 0.4) is 0 Å². The van der Waals surface area contributed by atoms with Crippen LogP contribution in [-0.2, 0) is 13.1 Å². The van der Waals surface area contributed by atoms with E-state index in [1.54, 1.807) is 6.20 Å². The summed E-state index contributed by atoms with van der Waals surface area (Å²) in [5.41, 5.74) is 3.91. The topological polar surface area (TPSA) is 57.3 Å². The Bertz CT molecular complexity index is 730. The van der Waals surface area contributed by atoms with Crippen LogP contribution in [0.4, 0.5) is 11.5 Å². The Kier molecular flexibility index (Phi) is 6.64. The zero-order chi connectivity index (χ0) is 15.6. The third-order valence-electron chi connectivity index (χ3n) is 4.54. The van der Waals surface area contributed by atoms with E-state index in [4.69, 9.17) is 0 Å². The lowest BCUT2D eigenvalue weighted by Gasteiger charge is -2.16. The van der Waals surface area contributed by atoms with Gasteiger partial charge in [0.25, 0.3) is 5.91 Å². The number of rotatable bonds is 3. The van der Waals surface area contributed by atoms with Crippen molar-refractivity contribution in [1.29, 1.82) is 0 Å². The molecule has 7 heteroatoms. The lowest BCUT2D eigenvalue weighted by molar-refractivity contribution is 0.102. The Labute approximate surface area is 160 Å². The van der Waals surface area contributed by atoms with Gasteiger partial charge in [0, 0.05) is 31.7 Å². The summed E-state index contributed by atoms with van der Waals surface area (Å²) in [5.74, 6) is 0.902. The number of carbonyl (C=O) groups excluding carboxylic acids is 1. The number of hydrogen-bond donors (Lipinski definition) is 2. The maximum atomic E-state index is 12.4. The normalized spacial score (nSPS) is 15.1. The first-order valence-corrected chi connectivity index (χ1v) is 8.14. The molecule has 0 bridgehead atoms. The number of hydrogen-bond acceptors (Lipinski definition) is 4. The van der Waals surface area contributed by atoms with Crippen molar-refractivity contribution in [3.8, 4) is 0 Å². The van der Waals surface area contributed by atoms with Crippen molar-refractivity contribution < 1.29 is 4.79 Å². The van der Waals surface area contributed by atoms with Gasteiger partial charge in [0.05, 0.1) is 11.9 Å². The standard InChI is InChI=1S/C18H20N4O.2ClH/c23-18(13-3-4-14-10-19-11-15(14)9-13)21-16-5-6-17(20-12-16)22-7-1-2-8-22;;/h3-6,9,12,19H,1-2,7-8,10-11H2,(H,21,23);2*1H. The SMILES string of the molecule is Cl.Cl.O=C(Nc1ccc(N2CCCC2)nc1)c1ccc2c(c1)CNC2. The lowest BCUT2D eigenvalue weighted by atomic mass is 10.1. The summed E-state index contributed by atoms with van der Waals surface area (Å²) in [4.78, 5) is 19.1. The van der Waals surface area contributed by atoms with E-state index < -0.39 is 0 Å². The highest BCUT2D eigenvalue weighted by Crippen LogP contribution is 2.20. The van der Waals surface area contributed by atoms with E-state index in [2.05, 4.69) is 20.5 Å². The van der Waals surface area contributed by atoms with E-state index >= 15 is 0 Å². The van der Waals surface area contributed by atoms with Gasteiger partial charge in [-0.15, -0.1) is 24.8 Å². The number of carbonyl (C=O) groups is 1. The van der Waals surface area contributed by atoms with Gasteiger partial charge in [-0.05, 0) is 48.2 Å². The molecular weight excluding hydrogens is 359 g/mol. The fourth-order valence-corrected chi connectivity index (χ4v) is 3.23. The minimum absolute atomic E-state index is 0. The van der Waals surface area contributed by atoms with Crippen LogP contribution in [0.5, 0.6) is 0 Å². The number of nitrogens with zero attached hydrogens (tertiary/aromatic N) is 2. The minimum atomic E-state index is -0.0876. The fraction of sp³-hybridized carbons (Fsp3) is 0.333. The molecule has 2 aliphatic heterocycles. The number of nitrogens with one attached hydrogen (secondary N) is 2. The van der Waals surface area contributed by atoms with Gasteiger partial charge in [0.2, 0.25) is 0 Å². The number of anilines is 2. The zero-order valence-corrected chi connectivity index (χ0v) is 15.5. The summed E-state index contributed by atoms with van der Waals surface area (Å²) >= 11 is 0. The molecule has 5 nitrogen and oxygen atoms in total. The molecule has 134 valence electrons. The van der Waals surface area contributed by atoms with Gasteiger partial charge in [-0.1, -0.05) is 6.07 Å². The molecule has 2 N–H and O–H groups in total. The van der Waals surface area contributed by atoms with Crippen molar-refractivity contribution in [2.75, 3.05) is 23.3 Å².